The lowest BCUT2D eigenvalue weighted by Crippen LogP contribution is -2.44. The Morgan fingerprint density at radius 2 is 2.05 bits per heavy atom. The second-order valence-corrected chi connectivity index (χ2v) is 6.66. The molecule has 2 unspecified atom stereocenters. The number of anilines is 1. The molecular formula is C16H25FN2. The highest BCUT2D eigenvalue weighted by molar-refractivity contribution is 5.46. The molecule has 2 nitrogen and oxygen atoms in total. The molecule has 0 aromatic heterocycles. The van der Waals surface area contributed by atoms with Crippen molar-refractivity contribution in [1.29, 1.82) is 0 Å². The molecule has 0 radical (unpaired) electrons. The Labute approximate surface area is 115 Å². The predicted molar refractivity (Wildman–Crippen MR) is 78.8 cm³/mol. The molecule has 0 aliphatic heterocycles. The van der Waals surface area contributed by atoms with E-state index in [4.69, 9.17) is 5.73 Å². The first kappa shape index (κ1) is 14.3. The molecule has 0 amide bonds. The summed E-state index contributed by atoms with van der Waals surface area (Å²) >= 11 is 0. The van der Waals surface area contributed by atoms with Crippen molar-refractivity contribution < 1.29 is 4.39 Å². The van der Waals surface area contributed by atoms with E-state index in [1.165, 1.54) is 12.5 Å². The molecule has 106 valence electrons. The molecule has 0 spiro atoms. The first-order chi connectivity index (χ1) is 8.89. The van der Waals surface area contributed by atoms with E-state index in [1.54, 1.807) is 6.07 Å². The number of para-hydroxylation sites is 1. The van der Waals surface area contributed by atoms with Crippen molar-refractivity contribution in [3.63, 3.8) is 0 Å². The van der Waals surface area contributed by atoms with Crippen LogP contribution in [0.4, 0.5) is 10.1 Å². The average molecular weight is 264 g/mol. The topological polar surface area (TPSA) is 29.3 Å². The number of hydrogen-bond donors (Lipinski definition) is 1. The summed E-state index contributed by atoms with van der Waals surface area (Å²) in [7, 11) is 1.95. The Hall–Kier alpha value is -1.09. The highest BCUT2D eigenvalue weighted by Gasteiger charge is 2.33. The summed E-state index contributed by atoms with van der Waals surface area (Å²) < 4.78 is 13.8. The van der Waals surface area contributed by atoms with E-state index in [0.717, 1.165) is 19.4 Å². The first-order valence-corrected chi connectivity index (χ1v) is 7.10. The quantitative estimate of drug-likeness (QED) is 0.906. The van der Waals surface area contributed by atoms with Crippen molar-refractivity contribution in [3.8, 4) is 0 Å². The maximum atomic E-state index is 13.8. The molecule has 2 rings (SSSR count). The third kappa shape index (κ3) is 3.47. The van der Waals surface area contributed by atoms with Crippen molar-refractivity contribution in [1.82, 2.24) is 0 Å². The van der Waals surface area contributed by atoms with Gasteiger partial charge in [-0.15, -0.1) is 0 Å². The molecule has 0 saturated heterocycles. The smallest absolute Gasteiger partial charge is 0.146 e. The van der Waals surface area contributed by atoms with Gasteiger partial charge in [0.05, 0.1) is 5.69 Å². The van der Waals surface area contributed by atoms with Crippen LogP contribution in [0.1, 0.15) is 33.1 Å². The van der Waals surface area contributed by atoms with Crippen LogP contribution >= 0.6 is 0 Å². The van der Waals surface area contributed by atoms with Gasteiger partial charge in [-0.25, -0.2) is 4.39 Å². The molecule has 1 aromatic rings. The predicted octanol–water partition coefficient (Wildman–Crippen LogP) is 3.42. The van der Waals surface area contributed by atoms with Crippen LogP contribution in [-0.2, 0) is 0 Å². The Morgan fingerprint density at radius 1 is 1.37 bits per heavy atom. The molecule has 1 saturated carbocycles. The minimum Gasteiger partial charge on any atom is -0.372 e. The number of nitrogens with zero attached hydrogens (tertiary/aromatic N) is 1. The summed E-state index contributed by atoms with van der Waals surface area (Å²) in [6.07, 6.45) is 3.38. The number of hydrogen-bond acceptors (Lipinski definition) is 2. The number of rotatable bonds is 3. The maximum Gasteiger partial charge on any atom is 0.146 e. The summed E-state index contributed by atoms with van der Waals surface area (Å²) in [5.74, 6) is 0.280. The highest BCUT2D eigenvalue weighted by Crippen LogP contribution is 2.38. The lowest BCUT2D eigenvalue weighted by atomic mass is 9.70. The van der Waals surface area contributed by atoms with Gasteiger partial charge in [-0.3, -0.25) is 0 Å². The fourth-order valence-corrected chi connectivity index (χ4v) is 3.17. The van der Waals surface area contributed by atoms with Crippen LogP contribution in [0, 0.1) is 17.2 Å². The number of nitrogens with two attached hydrogens (primary N) is 1. The van der Waals surface area contributed by atoms with Crippen LogP contribution in [0.25, 0.3) is 0 Å². The van der Waals surface area contributed by atoms with Crippen molar-refractivity contribution >= 4 is 5.69 Å². The monoisotopic (exact) mass is 264 g/mol. The highest BCUT2D eigenvalue weighted by atomic mass is 19.1. The SMILES string of the molecule is CN(CC1CC(C)(C)CCC1N)c1ccccc1F. The van der Waals surface area contributed by atoms with Gasteiger partial charge in [-0.1, -0.05) is 26.0 Å². The molecule has 3 heteroatoms. The summed E-state index contributed by atoms with van der Waals surface area (Å²) in [4.78, 5) is 2.00. The van der Waals surface area contributed by atoms with Gasteiger partial charge in [0.1, 0.15) is 5.82 Å². The van der Waals surface area contributed by atoms with Crippen molar-refractivity contribution in [2.75, 3.05) is 18.5 Å². The molecule has 1 fully saturated rings. The number of halogens is 1. The Bertz CT molecular complexity index is 431. The van der Waals surface area contributed by atoms with Gasteiger partial charge in [0.2, 0.25) is 0 Å². The molecule has 2 N–H and O–H groups in total. The molecule has 0 bridgehead atoms. The minimum absolute atomic E-state index is 0.159. The van der Waals surface area contributed by atoms with E-state index in [-0.39, 0.29) is 11.9 Å². The first-order valence-electron chi connectivity index (χ1n) is 7.10. The van der Waals surface area contributed by atoms with Crippen molar-refractivity contribution in [3.05, 3.63) is 30.1 Å². The molecule has 1 aromatic carbocycles. The average Bonchev–Trinajstić information content (AvgIpc) is 2.34. The van der Waals surface area contributed by atoms with Gasteiger partial charge in [0.15, 0.2) is 0 Å². The molecule has 2 atom stereocenters. The van der Waals surface area contributed by atoms with E-state index in [0.29, 0.717) is 17.0 Å². The van der Waals surface area contributed by atoms with Gasteiger partial charge in [-0.2, -0.15) is 0 Å². The zero-order valence-electron chi connectivity index (χ0n) is 12.2. The fourth-order valence-electron chi connectivity index (χ4n) is 3.17. The van der Waals surface area contributed by atoms with Gasteiger partial charge in [-0.05, 0) is 42.7 Å². The Balaban J connectivity index is 2.06. The van der Waals surface area contributed by atoms with Gasteiger partial charge in [0.25, 0.3) is 0 Å². The standard InChI is InChI=1S/C16H25FN2/c1-16(2)9-8-14(18)12(10-16)11-19(3)15-7-5-4-6-13(15)17/h4-7,12,14H,8-11,18H2,1-3H3. The van der Waals surface area contributed by atoms with Crippen LogP contribution in [-0.4, -0.2) is 19.6 Å². The Morgan fingerprint density at radius 3 is 2.74 bits per heavy atom. The van der Waals surface area contributed by atoms with Gasteiger partial charge in [0, 0.05) is 19.6 Å². The van der Waals surface area contributed by atoms with Crippen LogP contribution in [0.2, 0.25) is 0 Å². The maximum absolute atomic E-state index is 13.8. The van der Waals surface area contributed by atoms with Gasteiger partial charge < -0.3 is 10.6 Å². The number of benzene rings is 1. The molecule has 1 aliphatic rings. The van der Waals surface area contributed by atoms with E-state index >= 15 is 0 Å². The van der Waals surface area contributed by atoms with E-state index < -0.39 is 0 Å². The zero-order chi connectivity index (χ0) is 14.0. The third-order valence-electron chi connectivity index (χ3n) is 4.35. The summed E-state index contributed by atoms with van der Waals surface area (Å²) in [6, 6.07) is 7.18. The van der Waals surface area contributed by atoms with Crippen molar-refractivity contribution in [2.24, 2.45) is 17.1 Å². The Kier molecular flexibility index (Phi) is 4.14. The molecular weight excluding hydrogens is 239 g/mol. The fraction of sp³-hybridized carbons (Fsp3) is 0.625. The second kappa shape index (κ2) is 5.49. The lowest BCUT2D eigenvalue weighted by molar-refractivity contribution is 0.161. The summed E-state index contributed by atoms with van der Waals surface area (Å²) in [6.45, 7) is 5.43. The van der Waals surface area contributed by atoms with Crippen molar-refractivity contribution in [2.45, 2.75) is 39.2 Å². The van der Waals surface area contributed by atoms with Crippen LogP contribution < -0.4 is 10.6 Å². The van der Waals surface area contributed by atoms with E-state index in [1.807, 2.05) is 24.1 Å². The zero-order valence-corrected chi connectivity index (χ0v) is 12.2. The summed E-state index contributed by atoms with van der Waals surface area (Å²) in [5, 5.41) is 0. The summed E-state index contributed by atoms with van der Waals surface area (Å²) in [5.41, 5.74) is 7.27. The van der Waals surface area contributed by atoms with Gasteiger partial charge >= 0.3 is 0 Å². The largest absolute Gasteiger partial charge is 0.372 e. The third-order valence-corrected chi connectivity index (χ3v) is 4.35. The molecule has 0 heterocycles. The lowest BCUT2D eigenvalue weighted by Gasteiger charge is -2.41. The van der Waals surface area contributed by atoms with Crippen LogP contribution in [0.5, 0.6) is 0 Å². The molecule has 19 heavy (non-hydrogen) atoms. The van der Waals surface area contributed by atoms with Crippen LogP contribution in [0.15, 0.2) is 24.3 Å². The second-order valence-electron chi connectivity index (χ2n) is 6.66. The van der Waals surface area contributed by atoms with E-state index in [9.17, 15) is 4.39 Å². The minimum atomic E-state index is -0.159. The normalized spacial score (nSPS) is 26.2. The van der Waals surface area contributed by atoms with Crippen LogP contribution in [0.3, 0.4) is 0 Å². The van der Waals surface area contributed by atoms with E-state index in [2.05, 4.69) is 13.8 Å². The molecule has 1 aliphatic carbocycles.